The summed E-state index contributed by atoms with van der Waals surface area (Å²) in [5, 5.41) is 3.55. The number of rotatable bonds is 3. The van der Waals surface area contributed by atoms with Gasteiger partial charge in [0, 0.05) is 27.8 Å². The van der Waals surface area contributed by atoms with Crippen LogP contribution in [0.1, 0.15) is 10.5 Å². The molecule has 0 spiro atoms. The number of H-pyrrole nitrogens is 1. The van der Waals surface area contributed by atoms with E-state index in [1.54, 1.807) is 13.1 Å². The number of hydrogen-bond donors (Lipinski definition) is 1. The molecule has 0 unspecified atom stereocenters. The summed E-state index contributed by atoms with van der Waals surface area (Å²) < 4.78 is 8.08. The summed E-state index contributed by atoms with van der Waals surface area (Å²) in [6.07, 6.45) is 1.65. The van der Waals surface area contributed by atoms with E-state index in [9.17, 15) is 9.59 Å². The van der Waals surface area contributed by atoms with E-state index in [2.05, 4.69) is 41.9 Å². The quantitative estimate of drug-likeness (QED) is 0.677. The Morgan fingerprint density at radius 2 is 2.13 bits per heavy atom. The summed E-state index contributed by atoms with van der Waals surface area (Å²) in [6.45, 7) is 1.42. The summed E-state index contributed by atoms with van der Waals surface area (Å²) in [6, 6.07) is 6.89. The molecule has 0 atom stereocenters. The highest BCUT2D eigenvalue weighted by atomic mass is 79.9. The van der Waals surface area contributed by atoms with Crippen LogP contribution in [0.2, 0.25) is 0 Å². The highest BCUT2D eigenvalue weighted by molar-refractivity contribution is 9.11. The monoisotopic (exact) mass is 439 g/mol. The zero-order valence-electron chi connectivity index (χ0n) is 12.0. The average molecular weight is 441 g/mol. The highest BCUT2D eigenvalue weighted by Crippen LogP contribution is 2.37. The van der Waals surface area contributed by atoms with Crippen LogP contribution in [0, 0.1) is 6.92 Å². The van der Waals surface area contributed by atoms with Crippen molar-refractivity contribution < 1.29 is 9.53 Å². The van der Waals surface area contributed by atoms with Crippen molar-refractivity contribution in [3.8, 4) is 5.75 Å². The molecule has 0 radical (unpaired) electrons. The number of carbonyl (C=O) groups is 1. The number of benzene rings is 1. The van der Waals surface area contributed by atoms with Gasteiger partial charge in [-0.05, 0) is 35.0 Å². The van der Waals surface area contributed by atoms with Crippen molar-refractivity contribution in [3.05, 3.63) is 55.5 Å². The van der Waals surface area contributed by atoms with E-state index in [4.69, 9.17) is 4.74 Å². The number of halogens is 2. The van der Waals surface area contributed by atoms with Crippen LogP contribution in [0.5, 0.6) is 5.75 Å². The number of pyridine rings is 1. The normalized spacial score (nSPS) is 10.9. The number of hydrogen-bond acceptors (Lipinski definition) is 4. The summed E-state index contributed by atoms with van der Waals surface area (Å²) in [7, 11) is 0. The van der Waals surface area contributed by atoms with Gasteiger partial charge >= 0.3 is 0 Å². The van der Waals surface area contributed by atoms with E-state index in [1.807, 2.05) is 18.2 Å². The second-order valence-electron chi connectivity index (χ2n) is 4.86. The van der Waals surface area contributed by atoms with Crippen LogP contribution in [-0.4, -0.2) is 27.3 Å². The number of carbonyl (C=O) groups excluding carboxylic acids is 1. The largest absolute Gasteiger partial charge is 0.480 e. The molecule has 118 valence electrons. The van der Waals surface area contributed by atoms with Gasteiger partial charge in [-0.15, -0.1) is 0 Å². The van der Waals surface area contributed by atoms with Crippen molar-refractivity contribution in [2.45, 2.75) is 6.92 Å². The minimum absolute atomic E-state index is 0.286. The van der Waals surface area contributed by atoms with Crippen LogP contribution < -0.4 is 10.3 Å². The minimum atomic E-state index is -0.484. The molecule has 0 bridgehead atoms. The number of ether oxygens (including phenoxy) is 1. The molecule has 8 heteroatoms. The molecule has 0 amide bonds. The molecule has 3 aromatic rings. The van der Waals surface area contributed by atoms with Gasteiger partial charge in [-0.2, -0.15) is 4.68 Å². The van der Waals surface area contributed by atoms with Gasteiger partial charge in [0.05, 0.1) is 4.47 Å². The lowest BCUT2D eigenvalue weighted by Gasteiger charge is -2.11. The van der Waals surface area contributed by atoms with Gasteiger partial charge in [0.2, 0.25) is 0 Å². The fraction of sp³-hybridized carbons (Fsp3) is 0.133. The smallest absolute Gasteiger partial charge is 0.286 e. The third kappa shape index (κ3) is 3.09. The molecule has 2 heterocycles. The van der Waals surface area contributed by atoms with Crippen LogP contribution in [0.4, 0.5) is 0 Å². The van der Waals surface area contributed by atoms with Crippen molar-refractivity contribution in [2.24, 2.45) is 0 Å². The molecule has 3 rings (SSSR count). The first-order chi connectivity index (χ1) is 11.0. The lowest BCUT2D eigenvalue weighted by Crippen LogP contribution is -2.28. The molecular formula is C15H11Br2N3O3. The zero-order chi connectivity index (χ0) is 16.6. The predicted molar refractivity (Wildman–Crippen MR) is 93.1 cm³/mol. The van der Waals surface area contributed by atoms with Crippen LogP contribution >= 0.6 is 31.9 Å². The SMILES string of the molecule is Cc1cc(=O)n(C(=O)COc2c(Br)cc(Br)c3cccnc23)[nH]1. The third-order valence-electron chi connectivity index (χ3n) is 3.19. The summed E-state index contributed by atoms with van der Waals surface area (Å²) in [4.78, 5) is 28.1. The minimum Gasteiger partial charge on any atom is -0.480 e. The Bertz CT molecular complexity index is 962. The molecule has 0 aliphatic carbocycles. The van der Waals surface area contributed by atoms with Gasteiger partial charge in [0.15, 0.2) is 12.4 Å². The fourth-order valence-corrected chi connectivity index (χ4v) is 3.57. The number of fused-ring (bicyclic) bond motifs is 1. The van der Waals surface area contributed by atoms with E-state index < -0.39 is 11.5 Å². The number of nitrogens with one attached hydrogen (secondary N) is 1. The molecule has 23 heavy (non-hydrogen) atoms. The Labute approximate surface area is 147 Å². The molecule has 0 saturated heterocycles. The van der Waals surface area contributed by atoms with Crippen LogP contribution in [-0.2, 0) is 0 Å². The van der Waals surface area contributed by atoms with E-state index in [0.717, 1.165) is 14.5 Å². The molecular weight excluding hydrogens is 430 g/mol. The standard InChI is InChI=1S/C15H11Br2N3O3/c1-8-5-12(21)20(19-8)13(22)7-23-15-11(17)6-10(16)9-3-2-4-18-14(9)15/h2-6,19H,7H2,1H3. The Morgan fingerprint density at radius 3 is 2.83 bits per heavy atom. The van der Waals surface area contributed by atoms with Crippen molar-refractivity contribution in [3.63, 3.8) is 0 Å². The maximum Gasteiger partial charge on any atom is 0.286 e. The summed E-state index contributed by atoms with van der Waals surface area (Å²) in [5.74, 6) is -0.0320. The van der Waals surface area contributed by atoms with Crippen LogP contribution in [0.15, 0.2) is 44.2 Å². The van der Waals surface area contributed by atoms with Gasteiger partial charge in [-0.1, -0.05) is 22.0 Å². The summed E-state index contributed by atoms with van der Waals surface area (Å²) >= 11 is 6.88. The molecule has 0 fully saturated rings. The Morgan fingerprint density at radius 1 is 1.35 bits per heavy atom. The molecule has 6 nitrogen and oxygen atoms in total. The van der Waals surface area contributed by atoms with Crippen LogP contribution in [0.3, 0.4) is 0 Å². The Kier molecular flexibility index (Phi) is 4.36. The van der Waals surface area contributed by atoms with Gasteiger partial charge in [-0.25, -0.2) is 0 Å². The maximum absolute atomic E-state index is 12.1. The highest BCUT2D eigenvalue weighted by Gasteiger charge is 2.15. The van der Waals surface area contributed by atoms with Gasteiger partial charge in [-0.3, -0.25) is 19.7 Å². The average Bonchev–Trinajstić information content (AvgIpc) is 2.85. The van der Waals surface area contributed by atoms with Gasteiger partial charge < -0.3 is 4.74 Å². The maximum atomic E-state index is 12.1. The van der Waals surface area contributed by atoms with Crippen molar-refractivity contribution >= 4 is 48.7 Å². The number of aromatic amines is 1. The fourth-order valence-electron chi connectivity index (χ4n) is 2.18. The zero-order valence-corrected chi connectivity index (χ0v) is 15.1. The number of nitrogens with zero attached hydrogens (tertiary/aromatic N) is 2. The number of aryl methyl sites for hydroxylation is 1. The molecule has 2 aromatic heterocycles. The van der Waals surface area contributed by atoms with E-state index >= 15 is 0 Å². The molecule has 0 aliphatic heterocycles. The Hall–Kier alpha value is -1.93. The lowest BCUT2D eigenvalue weighted by molar-refractivity contribution is 0.0817. The van der Waals surface area contributed by atoms with Crippen molar-refractivity contribution in [2.75, 3.05) is 6.61 Å². The van der Waals surface area contributed by atoms with E-state index in [0.29, 0.717) is 21.4 Å². The van der Waals surface area contributed by atoms with E-state index in [-0.39, 0.29) is 6.61 Å². The molecule has 1 N–H and O–H groups in total. The first kappa shape index (κ1) is 15.9. The summed E-state index contributed by atoms with van der Waals surface area (Å²) in [5.41, 5.74) is 0.825. The van der Waals surface area contributed by atoms with Crippen molar-refractivity contribution in [1.29, 1.82) is 0 Å². The first-order valence-electron chi connectivity index (χ1n) is 6.65. The second-order valence-corrected chi connectivity index (χ2v) is 6.57. The molecule has 1 aromatic carbocycles. The first-order valence-corrected chi connectivity index (χ1v) is 8.23. The van der Waals surface area contributed by atoms with Gasteiger partial charge in [0.25, 0.3) is 11.5 Å². The predicted octanol–water partition coefficient (Wildman–Crippen LogP) is 3.28. The lowest BCUT2D eigenvalue weighted by atomic mass is 10.2. The van der Waals surface area contributed by atoms with Gasteiger partial charge in [0.1, 0.15) is 5.52 Å². The topological polar surface area (TPSA) is 77.0 Å². The number of aromatic nitrogens is 3. The van der Waals surface area contributed by atoms with Crippen molar-refractivity contribution in [1.82, 2.24) is 14.8 Å². The van der Waals surface area contributed by atoms with Crippen LogP contribution in [0.25, 0.3) is 10.9 Å². The molecule has 0 aliphatic rings. The molecule has 0 saturated carbocycles. The van der Waals surface area contributed by atoms with E-state index in [1.165, 1.54) is 6.07 Å². The second kappa shape index (κ2) is 6.29. The Balaban J connectivity index is 1.92. The third-order valence-corrected chi connectivity index (χ3v) is 4.43.